The molecule has 0 saturated carbocycles. The summed E-state index contributed by atoms with van der Waals surface area (Å²) in [5.74, 6) is -2.22. The molecule has 0 aliphatic heterocycles. The van der Waals surface area contributed by atoms with Crippen LogP contribution in [-0.4, -0.2) is 13.0 Å². The molecule has 0 aliphatic rings. The van der Waals surface area contributed by atoms with E-state index in [9.17, 15) is 18.0 Å². The van der Waals surface area contributed by atoms with E-state index < -0.39 is 17.5 Å². The molecule has 3 nitrogen and oxygen atoms in total. The molecule has 3 rings (SSSR count). The van der Waals surface area contributed by atoms with Crippen LogP contribution in [-0.2, 0) is 13.0 Å². The van der Waals surface area contributed by atoms with E-state index in [2.05, 4.69) is 5.32 Å². The van der Waals surface area contributed by atoms with Crippen molar-refractivity contribution in [1.82, 2.24) is 5.32 Å². The first-order valence-electron chi connectivity index (χ1n) is 8.60. The van der Waals surface area contributed by atoms with Gasteiger partial charge in [0, 0.05) is 6.54 Å². The Morgan fingerprint density at radius 2 is 1.54 bits per heavy atom. The predicted octanol–water partition coefficient (Wildman–Crippen LogP) is 4.63. The number of rotatable bonds is 6. The molecule has 144 valence electrons. The van der Waals surface area contributed by atoms with Crippen LogP contribution in [0.4, 0.5) is 13.2 Å². The zero-order chi connectivity index (χ0) is 20.1. The number of amides is 1. The van der Waals surface area contributed by atoms with Crippen molar-refractivity contribution < 1.29 is 22.7 Å². The van der Waals surface area contributed by atoms with Crippen LogP contribution >= 0.6 is 0 Å². The number of hydrogen-bond acceptors (Lipinski definition) is 2. The number of nitrogens with one attached hydrogen (secondary N) is 1. The highest BCUT2D eigenvalue weighted by Gasteiger charge is 2.14. The Labute approximate surface area is 160 Å². The van der Waals surface area contributed by atoms with E-state index in [0.717, 1.165) is 23.3 Å². The van der Waals surface area contributed by atoms with Crippen LogP contribution in [0.1, 0.15) is 27.0 Å². The van der Waals surface area contributed by atoms with Gasteiger partial charge in [0.25, 0.3) is 5.91 Å². The number of methoxy groups -OCH3 is 1. The van der Waals surface area contributed by atoms with Gasteiger partial charge in [0.1, 0.15) is 11.6 Å². The molecule has 1 amide bonds. The van der Waals surface area contributed by atoms with Crippen molar-refractivity contribution in [3.05, 3.63) is 100 Å². The zero-order valence-electron chi connectivity index (χ0n) is 15.1. The van der Waals surface area contributed by atoms with Gasteiger partial charge >= 0.3 is 0 Å². The molecule has 3 aromatic rings. The van der Waals surface area contributed by atoms with Crippen LogP contribution in [0.15, 0.2) is 60.7 Å². The number of carbonyl (C=O) groups excluding carboxylic acids is 1. The number of hydrogen-bond donors (Lipinski definition) is 1. The standard InChI is InChI=1S/C22H18F3NO2/c1-28-21-9-5-15(10-14-2-6-17(23)7-3-14)11-18(21)22(27)26-13-16-4-8-19(24)20(25)12-16/h2-9,11-12H,10,13H2,1H3,(H,26,27). The highest BCUT2D eigenvalue weighted by molar-refractivity contribution is 5.97. The molecule has 0 radical (unpaired) electrons. The zero-order valence-corrected chi connectivity index (χ0v) is 15.1. The van der Waals surface area contributed by atoms with Gasteiger partial charge in [-0.3, -0.25) is 4.79 Å². The molecule has 0 heterocycles. The molecule has 0 fully saturated rings. The van der Waals surface area contributed by atoms with Gasteiger partial charge in [-0.1, -0.05) is 24.3 Å². The minimum Gasteiger partial charge on any atom is -0.496 e. The Hall–Kier alpha value is -3.28. The summed E-state index contributed by atoms with van der Waals surface area (Å²) in [5.41, 5.74) is 2.52. The first-order chi connectivity index (χ1) is 13.5. The van der Waals surface area contributed by atoms with E-state index in [1.807, 2.05) is 6.07 Å². The molecular weight excluding hydrogens is 367 g/mol. The van der Waals surface area contributed by atoms with E-state index in [-0.39, 0.29) is 12.4 Å². The lowest BCUT2D eigenvalue weighted by atomic mass is 10.0. The molecule has 28 heavy (non-hydrogen) atoms. The summed E-state index contributed by atoms with van der Waals surface area (Å²) >= 11 is 0. The van der Waals surface area contributed by atoms with Crippen LogP contribution in [0.2, 0.25) is 0 Å². The second kappa shape index (κ2) is 8.61. The van der Waals surface area contributed by atoms with Crippen LogP contribution in [0, 0.1) is 17.5 Å². The maximum atomic E-state index is 13.3. The third-order valence-electron chi connectivity index (χ3n) is 4.27. The normalized spacial score (nSPS) is 10.6. The molecule has 0 aromatic heterocycles. The van der Waals surface area contributed by atoms with Gasteiger partial charge in [-0.2, -0.15) is 0 Å². The average molecular weight is 385 g/mol. The summed E-state index contributed by atoms with van der Waals surface area (Å²) < 4.78 is 44.6. The van der Waals surface area contributed by atoms with Crippen molar-refractivity contribution in [1.29, 1.82) is 0 Å². The largest absolute Gasteiger partial charge is 0.496 e. The van der Waals surface area contributed by atoms with Crippen molar-refractivity contribution in [2.45, 2.75) is 13.0 Å². The molecule has 0 unspecified atom stereocenters. The van der Waals surface area contributed by atoms with Gasteiger partial charge in [0.2, 0.25) is 0 Å². The number of halogens is 3. The summed E-state index contributed by atoms with van der Waals surface area (Å²) in [6.07, 6.45) is 0.522. The topological polar surface area (TPSA) is 38.3 Å². The predicted molar refractivity (Wildman–Crippen MR) is 99.7 cm³/mol. The van der Waals surface area contributed by atoms with Crippen LogP contribution in [0.5, 0.6) is 5.75 Å². The summed E-state index contributed by atoms with van der Waals surface area (Å²) in [4.78, 5) is 12.6. The maximum absolute atomic E-state index is 13.3. The summed E-state index contributed by atoms with van der Waals surface area (Å²) in [5, 5.41) is 2.68. The van der Waals surface area contributed by atoms with Crippen LogP contribution in [0.3, 0.4) is 0 Å². The average Bonchev–Trinajstić information content (AvgIpc) is 2.70. The van der Waals surface area contributed by atoms with Crippen molar-refractivity contribution in [2.24, 2.45) is 0 Å². The Morgan fingerprint density at radius 3 is 2.21 bits per heavy atom. The van der Waals surface area contributed by atoms with E-state index in [1.54, 1.807) is 24.3 Å². The maximum Gasteiger partial charge on any atom is 0.255 e. The molecule has 6 heteroatoms. The van der Waals surface area contributed by atoms with Gasteiger partial charge in [0.15, 0.2) is 11.6 Å². The third-order valence-corrected chi connectivity index (χ3v) is 4.27. The fourth-order valence-electron chi connectivity index (χ4n) is 2.81. The molecule has 3 aromatic carbocycles. The second-order valence-electron chi connectivity index (χ2n) is 6.27. The van der Waals surface area contributed by atoms with Crippen molar-refractivity contribution >= 4 is 5.91 Å². The summed E-state index contributed by atoms with van der Waals surface area (Å²) in [7, 11) is 1.46. The van der Waals surface area contributed by atoms with E-state index in [1.165, 1.54) is 25.3 Å². The van der Waals surface area contributed by atoms with E-state index >= 15 is 0 Å². The minimum atomic E-state index is -0.967. The molecule has 1 N–H and O–H groups in total. The van der Waals surface area contributed by atoms with Crippen molar-refractivity contribution in [3.63, 3.8) is 0 Å². The Balaban J connectivity index is 1.75. The highest BCUT2D eigenvalue weighted by Crippen LogP contribution is 2.22. The number of ether oxygens (including phenoxy) is 1. The van der Waals surface area contributed by atoms with E-state index in [0.29, 0.717) is 23.3 Å². The molecule has 0 bridgehead atoms. The Morgan fingerprint density at radius 1 is 0.857 bits per heavy atom. The lowest BCUT2D eigenvalue weighted by Gasteiger charge is -2.12. The number of carbonyl (C=O) groups is 1. The van der Waals surface area contributed by atoms with E-state index in [4.69, 9.17) is 4.74 Å². The molecule has 0 atom stereocenters. The van der Waals surface area contributed by atoms with Gasteiger partial charge in [-0.05, 0) is 59.5 Å². The van der Waals surface area contributed by atoms with Crippen LogP contribution in [0.25, 0.3) is 0 Å². The van der Waals surface area contributed by atoms with Crippen molar-refractivity contribution in [3.8, 4) is 5.75 Å². The molecule has 0 aliphatic carbocycles. The summed E-state index contributed by atoms with van der Waals surface area (Å²) in [6.45, 7) is 0.0430. The molecule has 0 saturated heterocycles. The van der Waals surface area contributed by atoms with Gasteiger partial charge in [0.05, 0.1) is 12.7 Å². The molecule has 0 spiro atoms. The SMILES string of the molecule is COc1ccc(Cc2ccc(F)cc2)cc1C(=O)NCc1ccc(F)c(F)c1. The van der Waals surface area contributed by atoms with Gasteiger partial charge in [-0.25, -0.2) is 13.2 Å². The van der Waals surface area contributed by atoms with Gasteiger partial charge < -0.3 is 10.1 Å². The van der Waals surface area contributed by atoms with Gasteiger partial charge in [-0.15, -0.1) is 0 Å². The quantitative estimate of drug-likeness (QED) is 0.672. The number of benzene rings is 3. The first kappa shape index (κ1) is 19.5. The Kier molecular flexibility index (Phi) is 5.99. The highest BCUT2D eigenvalue weighted by atomic mass is 19.2. The first-order valence-corrected chi connectivity index (χ1v) is 8.60. The fourth-order valence-corrected chi connectivity index (χ4v) is 2.81. The second-order valence-corrected chi connectivity index (χ2v) is 6.27. The lowest BCUT2D eigenvalue weighted by molar-refractivity contribution is 0.0947. The Bertz CT molecular complexity index is 988. The van der Waals surface area contributed by atoms with Crippen LogP contribution < -0.4 is 10.1 Å². The smallest absolute Gasteiger partial charge is 0.255 e. The fraction of sp³-hybridized carbons (Fsp3) is 0.136. The molecular formula is C22H18F3NO2. The summed E-state index contributed by atoms with van der Waals surface area (Å²) in [6, 6.07) is 14.8. The lowest BCUT2D eigenvalue weighted by Crippen LogP contribution is -2.23. The van der Waals surface area contributed by atoms with Crippen molar-refractivity contribution in [2.75, 3.05) is 7.11 Å². The minimum absolute atomic E-state index is 0.0430. The monoisotopic (exact) mass is 385 g/mol. The third kappa shape index (κ3) is 4.71.